The van der Waals surface area contributed by atoms with Crippen molar-refractivity contribution in [2.75, 3.05) is 36.6 Å². The Kier molecular flexibility index (Phi) is 4.36. The van der Waals surface area contributed by atoms with E-state index in [-0.39, 0.29) is 6.09 Å². The molecule has 1 aliphatic heterocycles. The average Bonchev–Trinajstić information content (AvgIpc) is 3.07. The number of nitrogens with zero attached hydrogens (tertiary/aromatic N) is 3. The van der Waals surface area contributed by atoms with Crippen LogP contribution in [0.3, 0.4) is 0 Å². The van der Waals surface area contributed by atoms with Gasteiger partial charge in [-0.1, -0.05) is 0 Å². The summed E-state index contributed by atoms with van der Waals surface area (Å²) in [5.74, 6) is 0.813. The first-order valence-corrected chi connectivity index (χ1v) is 7.59. The summed E-state index contributed by atoms with van der Waals surface area (Å²) in [6.45, 7) is 4.23. The number of carbonyl (C=O) groups is 1. The standard InChI is InChI=1S/C16H20N4O3/c1-3-22-16(21)19(2)13-4-5-15-14(8-13)20(6-7-23-15)10-12-9-17-11-18-12/h4-5,8-9,11H,3,6-7,10H2,1-2H3,(H,17,18). The summed E-state index contributed by atoms with van der Waals surface area (Å²) in [4.78, 5) is 22.8. The number of ether oxygens (including phenoxy) is 2. The van der Waals surface area contributed by atoms with Gasteiger partial charge in [-0.2, -0.15) is 0 Å². The van der Waals surface area contributed by atoms with E-state index < -0.39 is 0 Å². The van der Waals surface area contributed by atoms with Gasteiger partial charge in [-0.25, -0.2) is 9.78 Å². The van der Waals surface area contributed by atoms with E-state index in [0.717, 1.165) is 29.4 Å². The Morgan fingerprint density at radius 1 is 1.52 bits per heavy atom. The molecule has 1 aromatic heterocycles. The number of hydrogen-bond acceptors (Lipinski definition) is 5. The van der Waals surface area contributed by atoms with Crippen LogP contribution in [0.25, 0.3) is 0 Å². The third-order valence-corrected chi connectivity index (χ3v) is 3.74. The van der Waals surface area contributed by atoms with Gasteiger partial charge in [0.1, 0.15) is 12.4 Å². The molecule has 2 heterocycles. The second-order valence-corrected chi connectivity index (χ2v) is 5.24. The molecule has 0 radical (unpaired) electrons. The van der Waals surface area contributed by atoms with Crippen LogP contribution in [0.4, 0.5) is 16.2 Å². The number of fused-ring (bicyclic) bond motifs is 1. The quantitative estimate of drug-likeness (QED) is 0.938. The molecule has 23 heavy (non-hydrogen) atoms. The maximum atomic E-state index is 11.9. The zero-order valence-electron chi connectivity index (χ0n) is 13.3. The van der Waals surface area contributed by atoms with Crippen LogP contribution in [0.15, 0.2) is 30.7 Å². The number of rotatable bonds is 4. The number of anilines is 2. The molecule has 1 aromatic carbocycles. The second-order valence-electron chi connectivity index (χ2n) is 5.24. The van der Waals surface area contributed by atoms with Crippen molar-refractivity contribution in [2.45, 2.75) is 13.5 Å². The maximum absolute atomic E-state index is 11.9. The molecule has 0 aliphatic carbocycles. The van der Waals surface area contributed by atoms with Crippen molar-refractivity contribution in [3.8, 4) is 5.75 Å². The third-order valence-electron chi connectivity index (χ3n) is 3.74. The van der Waals surface area contributed by atoms with Gasteiger partial charge in [0.25, 0.3) is 0 Å². The third kappa shape index (κ3) is 3.23. The molecular formula is C16H20N4O3. The molecule has 0 bridgehead atoms. The van der Waals surface area contributed by atoms with Crippen LogP contribution < -0.4 is 14.5 Å². The number of aromatic nitrogens is 2. The number of hydrogen-bond donors (Lipinski definition) is 1. The number of nitrogens with one attached hydrogen (secondary N) is 1. The van der Waals surface area contributed by atoms with Gasteiger partial charge in [-0.05, 0) is 25.1 Å². The van der Waals surface area contributed by atoms with Gasteiger partial charge < -0.3 is 19.4 Å². The Labute approximate surface area is 134 Å². The van der Waals surface area contributed by atoms with Crippen LogP contribution in [0.1, 0.15) is 12.6 Å². The number of imidazole rings is 1. The summed E-state index contributed by atoms with van der Waals surface area (Å²) in [6, 6.07) is 5.68. The molecule has 122 valence electrons. The predicted molar refractivity (Wildman–Crippen MR) is 87.0 cm³/mol. The molecule has 2 aromatic rings. The van der Waals surface area contributed by atoms with E-state index >= 15 is 0 Å². The van der Waals surface area contributed by atoms with Crippen LogP contribution in [0.2, 0.25) is 0 Å². The predicted octanol–water partition coefficient (Wildman–Crippen LogP) is 2.40. The van der Waals surface area contributed by atoms with Gasteiger partial charge in [0.15, 0.2) is 0 Å². The summed E-state index contributed by atoms with van der Waals surface area (Å²) < 4.78 is 10.8. The maximum Gasteiger partial charge on any atom is 0.413 e. The number of aromatic amines is 1. The van der Waals surface area contributed by atoms with E-state index in [4.69, 9.17) is 9.47 Å². The topological polar surface area (TPSA) is 70.7 Å². The lowest BCUT2D eigenvalue weighted by atomic mass is 10.2. The Balaban J connectivity index is 1.85. The molecule has 0 fully saturated rings. The fourth-order valence-electron chi connectivity index (χ4n) is 2.53. The molecule has 7 heteroatoms. The number of amides is 1. The van der Waals surface area contributed by atoms with Crippen LogP contribution in [0, 0.1) is 0 Å². The van der Waals surface area contributed by atoms with Crippen LogP contribution in [0.5, 0.6) is 5.75 Å². The Morgan fingerprint density at radius 2 is 2.39 bits per heavy atom. The lowest BCUT2D eigenvalue weighted by Crippen LogP contribution is -2.33. The molecule has 1 N–H and O–H groups in total. The lowest BCUT2D eigenvalue weighted by Gasteiger charge is -2.31. The zero-order valence-corrected chi connectivity index (χ0v) is 13.3. The van der Waals surface area contributed by atoms with Gasteiger partial charge in [-0.15, -0.1) is 0 Å². The van der Waals surface area contributed by atoms with E-state index in [1.807, 2.05) is 24.4 Å². The van der Waals surface area contributed by atoms with E-state index in [0.29, 0.717) is 19.8 Å². The summed E-state index contributed by atoms with van der Waals surface area (Å²) in [7, 11) is 1.70. The highest BCUT2D eigenvalue weighted by Crippen LogP contribution is 2.35. The first kappa shape index (κ1) is 15.2. The smallest absolute Gasteiger partial charge is 0.413 e. The van der Waals surface area contributed by atoms with Gasteiger partial charge in [0.2, 0.25) is 0 Å². The van der Waals surface area contributed by atoms with E-state index in [2.05, 4.69) is 14.9 Å². The first-order valence-electron chi connectivity index (χ1n) is 7.59. The van der Waals surface area contributed by atoms with Crippen LogP contribution in [-0.2, 0) is 11.3 Å². The molecular weight excluding hydrogens is 296 g/mol. The van der Waals surface area contributed by atoms with Crippen molar-refractivity contribution in [3.05, 3.63) is 36.4 Å². The molecule has 1 amide bonds. The van der Waals surface area contributed by atoms with Gasteiger partial charge in [0.05, 0.1) is 37.4 Å². The van der Waals surface area contributed by atoms with Gasteiger partial charge >= 0.3 is 6.09 Å². The number of H-pyrrole nitrogens is 1. The highest BCUT2D eigenvalue weighted by atomic mass is 16.6. The minimum atomic E-state index is -0.372. The minimum absolute atomic E-state index is 0.350. The molecule has 0 unspecified atom stereocenters. The molecule has 3 rings (SSSR count). The Morgan fingerprint density at radius 3 is 3.13 bits per heavy atom. The van der Waals surface area contributed by atoms with Crippen molar-refractivity contribution in [1.29, 1.82) is 0 Å². The van der Waals surface area contributed by atoms with Gasteiger partial charge in [0, 0.05) is 18.9 Å². The summed E-state index contributed by atoms with van der Waals surface area (Å²) in [5, 5.41) is 0. The highest BCUT2D eigenvalue weighted by Gasteiger charge is 2.21. The lowest BCUT2D eigenvalue weighted by molar-refractivity contribution is 0.161. The van der Waals surface area contributed by atoms with Crippen LogP contribution >= 0.6 is 0 Å². The van der Waals surface area contributed by atoms with Gasteiger partial charge in [-0.3, -0.25) is 4.90 Å². The van der Waals surface area contributed by atoms with E-state index in [9.17, 15) is 4.79 Å². The molecule has 0 spiro atoms. The van der Waals surface area contributed by atoms with Crippen molar-refractivity contribution < 1.29 is 14.3 Å². The number of benzene rings is 1. The second kappa shape index (κ2) is 6.60. The van der Waals surface area contributed by atoms with Crippen molar-refractivity contribution >= 4 is 17.5 Å². The molecule has 0 saturated carbocycles. The first-order chi connectivity index (χ1) is 11.2. The Bertz CT molecular complexity index is 672. The van der Waals surface area contributed by atoms with Crippen molar-refractivity contribution in [3.63, 3.8) is 0 Å². The number of carbonyl (C=O) groups excluding carboxylic acids is 1. The van der Waals surface area contributed by atoms with E-state index in [1.54, 1.807) is 20.3 Å². The highest BCUT2D eigenvalue weighted by molar-refractivity contribution is 5.88. The van der Waals surface area contributed by atoms with E-state index in [1.165, 1.54) is 4.90 Å². The fourth-order valence-corrected chi connectivity index (χ4v) is 2.53. The SMILES string of the molecule is CCOC(=O)N(C)c1ccc2c(c1)N(Cc1c[nH]cn1)CCO2. The summed E-state index contributed by atoms with van der Waals surface area (Å²) in [6.07, 6.45) is 3.17. The van der Waals surface area contributed by atoms with Crippen LogP contribution in [-0.4, -0.2) is 42.9 Å². The minimum Gasteiger partial charge on any atom is -0.490 e. The molecule has 0 atom stereocenters. The van der Waals surface area contributed by atoms with Crippen molar-refractivity contribution in [2.24, 2.45) is 0 Å². The zero-order chi connectivity index (χ0) is 16.2. The molecule has 1 aliphatic rings. The Hall–Kier alpha value is -2.70. The summed E-state index contributed by atoms with van der Waals surface area (Å²) in [5.41, 5.74) is 2.68. The molecule has 0 saturated heterocycles. The summed E-state index contributed by atoms with van der Waals surface area (Å²) >= 11 is 0. The normalized spacial score (nSPS) is 13.2. The molecule has 7 nitrogen and oxygen atoms in total. The monoisotopic (exact) mass is 316 g/mol. The largest absolute Gasteiger partial charge is 0.490 e. The van der Waals surface area contributed by atoms with Crippen molar-refractivity contribution in [1.82, 2.24) is 9.97 Å². The average molecular weight is 316 g/mol. The fraction of sp³-hybridized carbons (Fsp3) is 0.375.